The highest BCUT2D eigenvalue weighted by molar-refractivity contribution is 6.32. The molecule has 0 unspecified atom stereocenters. The summed E-state index contributed by atoms with van der Waals surface area (Å²) < 4.78 is 7.56. The summed E-state index contributed by atoms with van der Waals surface area (Å²) in [4.78, 5) is 19.5. The monoisotopic (exact) mass is 428 g/mol. The zero-order chi connectivity index (χ0) is 20.1. The Balaban J connectivity index is 1.50. The minimum Gasteiger partial charge on any atom is -0.481 e. The van der Waals surface area contributed by atoms with E-state index in [0.29, 0.717) is 17.3 Å². The third kappa shape index (κ3) is 3.26. The average molecular weight is 429 g/mol. The lowest BCUT2D eigenvalue weighted by Crippen LogP contribution is -2.02. The molecule has 4 heterocycles. The molecule has 146 valence electrons. The number of hydrogen-bond donors (Lipinski definition) is 1. The van der Waals surface area contributed by atoms with E-state index in [1.807, 2.05) is 18.2 Å². The first-order valence-electron chi connectivity index (χ1n) is 9.00. The molecule has 7 nitrogen and oxygen atoms in total. The highest BCUT2D eigenvalue weighted by Gasteiger charge is 2.27. The number of aromatic nitrogens is 4. The molecule has 1 N–H and O–H groups in total. The van der Waals surface area contributed by atoms with Crippen LogP contribution in [0.1, 0.15) is 24.5 Å². The van der Waals surface area contributed by atoms with Crippen LogP contribution in [0.3, 0.4) is 0 Å². The molecule has 0 spiro atoms. The molecule has 9 heteroatoms. The number of carboxylic acids is 1. The number of aliphatic carboxylic acids is 1. The predicted octanol–water partition coefficient (Wildman–Crippen LogP) is 5.02. The van der Waals surface area contributed by atoms with E-state index in [1.54, 1.807) is 12.1 Å². The molecule has 0 saturated carbocycles. The molecule has 5 rings (SSSR count). The number of aryl methyl sites for hydroxylation is 1. The fraction of sp³-hybridized carbons (Fsp3) is 0.200. The van der Waals surface area contributed by atoms with Crippen LogP contribution in [0.4, 0.5) is 0 Å². The average Bonchev–Trinajstić information content (AvgIpc) is 3.36. The molecule has 29 heavy (non-hydrogen) atoms. The van der Waals surface area contributed by atoms with Gasteiger partial charge in [0.25, 0.3) is 5.89 Å². The quantitative estimate of drug-likeness (QED) is 0.458. The van der Waals surface area contributed by atoms with Crippen LogP contribution >= 0.6 is 23.2 Å². The summed E-state index contributed by atoms with van der Waals surface area (Å²) in [6.07, 6.45) is 0.999. The fourth-order valence-electron chi connectivity index (χ4n) is 3.92. The minimum atomic E-state index is -0.773. The smallest absolute Gasteiger partial charge is 0.304 e. The third-order valence-corrected chi connectivity index (χ3v) is 5.56. The third-order valence-electron chi connectivity index (χ3n) is 5.17. The summed E-state index contributed by atoms with van der Waals surface area (Å²) in [5, 5.41) is 14.7. The summed E-state index contributed by atoms with van der Waals surface area (Å²) in [5.74, 6) is 0.0120. The van der Waals surface area contributed by atoms with Gasteiger partial charge in [0.15, 0.2) is 0 Å². The highest BCUT2D eigenvalue weighted by atomic mass is 35.5. The first-order valence-corrected chi connectivity index (χ1v) is 9.76. The predicted molar refractivity (Wildman–Crippen MR) is 108 cm³/mol. The van der Waals surface area contributed by atoms with Gasteiger partial charge in [0.05, 0.1) is 6.42 Å². The Kier molecular flexibility index (Phi) is 4.29. The molecule has 1 atom stereocenters. The number of hydrogen-bond acceptors (Lipinski definition) is 5. The second-order valence-electron chi connectivity index (χ2n) is 7.00. The Morgan fingerprint density at radius 1 is 1.14 bits per heavy atom. The van der Waals surface area contributed by atoms with Gasteiger partial charge in [0.2, 0.25) is 5.82 Å². The standard InChI is InChI=1S/C20H14Cl2N4O3/c21-16-7-13(8-17(22)23-16)20-24-19(25-29-20)11-1-2-14-12(5-11)6-15-10(9-18(27)28)3-4-26(14)15/h1-2,5-8,10H,3-4,9H2,(H,27,28)/t10-/m0/s1. The maximum atomic E-state index is 11.1. The first kappa shape index (κ1) is 18.1. The normalized spacial score (nSPS) is 15.7. The van der Waals surface area contributed by atoms with Crippen LogP contribution in [-0.2, 0) is 11.3 Å². The van der Waals surface area contributed by atoms with E-state index in [0.717, 1.165) is 35.1 Å². The summed E-state index contributed by atoms with van der Waals surface area (Å²) in [6, 6.07) is 11.2. The largest absolute Gasteiger partial charge is 0.481 e. The van der Waals surface area contributed by atoms with Gasteiger partial charge in [0.1, 0.15) is 10.3 Å². The molecule has 0 aliphatic carbocycles. The van der Waals surface area contributed by atoms with Gasteiger partial charge in [-0.3, -0.25) is 4.79 Å². The van der Waals surface area contributed by atoms with Gasteiger partial charge in [-0.05, 0) is 42.8 Å². The Morgan fingerprint density at radius 2 is 1.93 bits per heavy atom. The summed E-state index contributed by atoms with van der Waals surface area (Å²) in [7, 11) is 0. The van der Waals surface area contributed by atoms with Crippen LogP contribution in [0.25, 0.3) is 33.7 Å². The van der Waals surface area contributed by atoms with Gasteiger partial charge in [-0.25, -0.2) is 4.98 Å². The second-order valence-corrected chi connectivity index (χ2v) is 7.78. The fourth-order valence-corrected chi connectivity index (χ4v) is 4.38. The summed E-state index contributed by atoms with van der Waals surface area (Å²) >= 11 is 11.9. The van der Waals surface area contributed by atoms with Crippen LogP contribution in [-0.4, -0.2) is 30.8 Å². The second kappa shape index (κ2) is 6.86. The van der Waals surface area contributed by atoms with E-state index in [1.165, 1.54) is 0 Å². The van der Waals surface area contributed by atoms with Gasteiger partial charge >= 0.3 is 5.97 Å². The Bertz CT molecular complexity index is 1240. The van der Waals surface area contributed by atoms with Crippen molar-refractivity contribution in [3.63, 3.8) is 0 Å². The maximum absolute atomic E-state index is 11.1. The lowest BCUT2D eigenvalue weighted by atomic mass is 10.0. The molecule has 0 saturated heterocycles. The van der Waals surface area contributed by atoms with Crippen molar-refractivity contribution in [2.75, 3.05) is 0 Å². The van der Waals surface area contributed by atoms with Crippen LogP contribution in [0.15, 0.2) is 40.9 Å². The molecule has 4 aromatic rings. The molecule has 0 radical (unpaired) electrons. The highest BCUT2D eigenvalue weighted by Crippen LogP contribution is 2.37. The van der Waals surface area contributed by atoms with E-state index in [9.17, 15) is 4.79 Å². The molecule has 0 fully saturated rings. The zero-order valence-electron chi connectivity index (χ0n) is 15.0. The number of carbonyl (C=O) groups is 1. The van der Waals surface area contributed by atoms with Crippen LogP contribution < -0.4 is 0 Å². The van der Waals surface area contributed by atoms with Gasteiger partial charge in [-0.1, -0.05) is 28.4 Å². The summed E-state index contributed by atoms with van der Waals surface area (Å²) in [5.41, 5.74) is 3.54. The number of halogens is 2. The van der Waals surface area contributed by atoms with Crippen LogP contribution in [0.5, 0.6) is 0 Å². The van der Waals surface area contributed by atoms with Gasteiger partial charge < -0.3 is 14.2 Å². The molecule has 1 aromatic carbocycles. The lowest BCUT2D eigenvalue weighted by Gasteiger charge is -2.04. The SMILES string of the molecule is O=C(O)C[C@@H]1CCn2c1cc1cc(-c3noc(-c4cc(Cl)nc(Cl)c4)n3)ccc12. The molecule has 3 aromatic heterocycles. The van der Waals surface area contributed by atoms with Crippen molar-refractivity contribution in [1.29, 1.82) is 0 Å². The van der Waals surface area contributed by atoms with Crippen molar-refractivity contribution in [1.82, 2.24) is 19.7 Å². The van der Waals surface area contributed by atoms with E-state index in [4.69, 9.17) is 32.8 Å². The van der Waals surface area contributed by atoms with Crippen molar-refractivity contribution < 1.29 is 14.4 Å². The van der Waals surface area contributed by atoms with Crippen molar-refractivity contribution in [2.45, 2.75) is 25.3 Å². The van der Waals surface area contributed by atoms with E-state index < -0.39 is 5.97 Å². The lowest BCUT2D eigenvalue weighted by molar-refractivity contribution is -0.137. The van der Waals surface area contributed by atoms with Crippen molar-refractivity contribution in [3.8, 4) is 22.8 Å². The minimum absolute atomic E-state index is 0.0429. The van der Waals surface area contributed by atoms with Crippen LogP contribution in [0, 0.1) is 0 Å². The molecule has 1 aliphatic rings. The molecular weight excluding hydrogens is 415 g/mol. The van der Waals surface area contributed by atoms with Crippen molar-refractivity contribution in [2.24, 2.45) is 0 Å². The van der Waals surface area contributed by atoms with Gasteiger partial charge in [0, 0.05) is 40.2 Å². The molecule has 1 aliphatic heterocycles. The number of nitrogens with zero attached hydrogens (tertiary/aromatic N) is 4. The van der Waals surface area contributed by atoms with Crippen LogP contribution in [0.2, 0.25) is 10.3 Å². The van der Waals surface area contributed by atoms with Crippen molar-refractivity contribution >= 4 is 40.1 Å². The molecular formula is C20H14Cl2N4O3. The number of pyridine rings is 1. The van der Waals surface area contributed by atoms with E-state index in [2.05, 4.69) is 25.8 Å². The topological polar surface area (TPSA) is 94.0 Å². The number of rotatable bonds is 4. The van der Waals surface area contributed by atoms with Crippen molar-refractivity contribution in [3.05, 3.63) is 52.4 Å². The first-order chi connectivity index (χ1) is 14.0. The maximum Gasteiger partial charge on any atom is 0.304 e. The van der Waals surface area contributed by atoms with E-state index >= 15 is 0 Å². The number of carboxylic acid groups (broad SMARTS) is 1. The number of fused-ring (bicyclic) bond motifs is 3. The molecule has 0 bridgehead atoms. The Labute approximate surface area is 174 Å². The number of benzene rings is 1. The molecule has 0 amide bonds. The zero-order valence-corrected chi connectivity index (χ0v) is 16.5. The Morgan fingerprint density at radius 3 is 2.69 bits per heavy atom. The summed E-state index contributed by atoms with van der Waals surface area (Å²) in [6.45, 7) is 0.825. The van der Waals surface area contributed by atoms with E-state index in [-0.39, 0.29) is 22.6 Å². The Hall–Kier alpha value is -2.90. The van der Waals surface area contributed by atoms with Gasteiger partial charge in [-0.2, -0.15) is 4.98 Å². The van der Waals surface area contributed by atoms with Gasteiger partial charge in [-0.15, -0.1) is 0 Å².